The van der Waals surface area contributed by atoms with Gasteiger partial charge in [0.05, 0.1) is 6.42 Å². The van der Waals surface area contributed by atoms with E-state index in [0.29, 0.717) is 0 Å². The van der Waals surface area contributed by atoms with Gasteiger partial charge < -0.3 is 9.84 Å². The molecule has 2 aromatic rings. The third kappa shape index (κ3) is 3.75. The molecule has 0 saturated heterocycles. The molecule has 0 bridgehead atoms. The first-order chi connectivity index (χ1) is 10.3. The highest BCUT2D eigenvalue weighted by Crippen LogP contribution is 2.37. The summed E-state index contributed by atoms with van der Waals surface area (Å²) in [7, 11) is 0. The van der Waals surface area contributed by atoms with Crippen LogP contribution in [0.4, 0.5) is 17.6 Å². The number of alkyl halides is 3. The van der Waals surface area contributed by atoms with Crippen molar-refractivity contribution in [3.8, 4) is 16.9 Å². The lowest BCUT2D eigenvalue weighted by Crippen LogP contribution is -2.17. The molecule has 0 heterocycles. The fraction of sp³-hybridized carbons (Fsp3) is 0.133. The zero-order valence-electron chi connectivity index (χ0n) is 11.0. The van der Waals surface area contributed by atoms with E-state index in [1.165, 1.54) is 30.3 Å². The smallest absolute Gasteiger partial charge is 0.481 e. The number of hydrogen-bond acceptors (Lipinski definition) is 2. The van der Waals surface area contributed by atoms with Crippen LogP contribution in [0.1, 0.15) is 5.56 Å². The van der Waals surface area contributed by atoms with E-state index in [2.05, 4.69) is 4.74 Å². The van der Waals surface area contributed by atoms with Crippen LogP contribution in [0.2, 0.25) is 0 Å². The van der Waals surface area contributed by atoms with Gasteiger partial charge in [0.25, 0.3) is 0 Å². The van der Waals surface area contributed by atoms with Crippen LogP contribution in [0, 0.1) is 5.82 Å². The molecular weight excluding hydrogens is 304 g/mol. The van der Waals surface area contributed by atoms with E-state index in [1.807, 2.05) is 0 Å². The molecule has 3 nitrogen and oxygen atoms in total. The second-order valence-corrected chi connectivity index (χ2v) is 4.39. The van der Waals surface area contributed by atoms with Gasteiger partial charge in [-0.3, -0.25) is 4.79 Å². The van der Waals surface area contributed by atoms with Crippen LogP contribution < -0.4 is 4.74 Å². The second kappa shape index (κ2) is 6.05. The molecule has 0 amide bonds. The van der Waals surface area contributed by atoms with E-state index < -0.39 is 30.3 Å². The normalized spacial score (nSPS) is 11.3. The minimum atomic E-state index is -4.94. The molecule has 2 rings (SSSR count). The Bertz CT molecular complexity index is 695. The molecule has 7 heteroatoms. The molecule has 0 fully saturated rings. The minimum absolute atomic E-state index is 0.0609. The number of carboxylic acid groups (broad SMARTS) is 1. The second-order valence-electron chi connectivity index (χ2n) is 4.39. The average Bonchev–Trinajstić information content (AvgIpc) is 2.38. The summed E-state index contributed by atoms with van der Waals surface area (Å²) in [6.45, 7) is 0. The summed E-state index contributed by atoms with van der Waals surface area (Å²) in [6.07, 6.45) is -5.46. The predicted octanol–water partition coefficient (Wildman–Crippen LogP) is 4.02. The standard InChI is InChI=1S/C15H10F4O3/c16-11-6-3-4-9(8-13(20)21)14(11)10-5-1-2-7-12(10)22-15(17,18)19/h1-7H,8H2,(H,20,21). The average molecular weight is 314 g/mol. The molecule has 22 heavy (non-hydrogen) atoms. The number of halogens is 4. The van der Waals surface area contributed by atoms with E-state index in [9.17, 15) is 22.4 Å². The highest BCUT2D eigenvalue weighted by Gasteiger charge is 2.32. The maximum absolute atomic E-state index is 14.1. The Morgan fingerprint density at radius 3 is 2.41 bits per heavy atom. The summed E-state index contributed by atoms with van der Waals surface area (Å²) in [5.74, 6) is -2.63. The Balaban J connectivity index is 2.59. The van der Waals surface area contributed by atoms with Gasteiger partial charge in [0.1, 0.15) is 11.6 Å². The van der Waals surface area contributed by atoms with Gasteiger partial charge in [-0.05, 0) is 17.7 Å². The fourth-order valence-electron chi connectivity index (χ4n) is 2.07. The van der Waals surface area contributed by atoms with Crippen LogP contribution in [-0.2, 0) is 11.2 Å². The van der Waals surface area contributed by atoms with Crippen molar-refractivity contribution in [2.24, 2.45) is 0 Å². The van der Waals surface area contributed by atoms with Gasteiger partial charge >= 0.3 is 12.3 Å². The number of carboxylic acids is 1. The van der Waals surface area contributed by atoms with Gasteiger partial charge in [0, 0.05) is 11.1 Å². The monoisotopic (exact) mass is 314 g/mol. The van der Waals surface area contributed by atoms with E-state index >= 15 is 0 Å². The van der Waals surface area contributed by atoms with Gasteiger partial charge in [0.2, 0.25) is 0 Å². The molecule has 0 aliphatic heterocycles. The number of ether oxygens (including phenoxy) is 1. The van der Waals surface area contributed by atoms with Gasteiger partial charge in [-0.15, -0.1) is 13.2 Å². The first-order valence-corrected chi connectivity index (χ1v) is 6.12. The molecule has 0 saturated carbocycles. The van der Waals surface area contributed by atoms with E-state index in [0.717, 1.165) is 12.1 Å². The Hall–Kier alpha value is -2.57. The highest BCUT2D eigenvalue weighted by atomic mass is 19.4. The maximum atomic E-state index is 14.1. The molecule has 0 spiro atoms. The van der Waals surface area contributed by atoms with Crippen LogP contribution in [-0.4, -0.2) is 17.4 Å². The molecule has 0 radical (unpaired) electrons. The van der Waals surface area contributed by atoms with Crippen molar-refractivity contribution in [2.75, 3.05) is 0 Å². The van der Waals surface area contributed by atoms with Crippen LogP contribution >= 0.6 is 0 Å². The van der Waals surface area contributed by atoms with Crippen LogP contribution in [0.5, 0.6) is 5.75 Å². The Morgan fingerprint density at radius 1 is 1.09 bits per heavy atom. The maximum Gasteiger partial charge on any atom is 0.573 e. The van der Waals surface area contributed by atoms with Crippen molar-refractivity contribution in [1.82, 2.24) is 0 Å². The number of rotatable bonds is 4. The van der Waals surface area contributed by atoms with Crippen molar-refractivity contribution in [3.05, 3.63) is 53.8 Å². The molecule has 0 unspecified atom stereocenters. The van der Waals surface area contributed by atoms with E-state index in [4.69, 9.17) is 5.11 Å². The van der Waals surface area contributed by atoms with Crippen molar-refractivity contribution < 1.29 is 32.2 Å². The third-order valence-corrected chi connectivity index (χ3v) is 2.82. The van der Waals surface area contributed by atoms with Crippen molar-refractivity contribution >= 4 is 5.97 Å². The number of para-hydroxylation sites is 1. The van der Waals surface area contributed by atoms with Crippen LogP contribution in [0.25, 0.3) is 11.1 Å². The van der Waals surface area contributed by atoms with Gasteiger partial charge in [0.15, 0.2) is 0 Å². The number of carbonyl (C=O) groups is 1. The van der Waals surface area contributed by atoms with Crippen molar-refractivity contribution in [1.29, 1.82) is 0 Å². The molecule has 2 aromatic carbocycles. The van der Waals surface area contributed by atoms with Gasteiger partial charge in [-0.1, -0.05) is 30.3 Å². The Morgan fingerprint density at radius 2 is 1.77 bits per heavy atom. The predicted molar refractivity (Wildman–Crippen MR) is 69.9 cm³/mol. The van der Waals surface area contributed by atoms with E-state index in [1.54, 1.807) is 0 Å². The SMILES string of the molecule is O=C(O)Cc1cccc(F)c1-c1ccccc1OC(F)(F)F. The van der Waals surface area contributed by atoms with Crippen molar-refractivity contribution in [3.63, 3.8) is 0 Å². The number of aliphatic carboxylic acids is 1. The lowest BCUT2D eigenvalue weighted by molar-refractivity contribution is -0.274. The molecule has 0 aliphatic carbocycles. The molecule has 0 aliphatic rings. The van der Waals surface area contributed by atoms with Crippen LogP contribution in [0.15, 0.2) is 42.5 Å². The Labute approximate surface area is 122 Å². The molecule has 1 N–H and O–H groups in total. The summed E-state index contributed by atoms with van der Waals surface area (Å²) in [5.41, 5.74) is -0.315. The quantitative estimate of drug-likeness (QED) is 0.867. The molecule has 0 atom stereocenters. The lowest BCUT2D eigenvalue weighted by Gasteiger charge is -2.15. The fourth-order valence-corrected chi connectivity index (χ4v) is 2.07. The molecule has 0 aromatic heterocycles. The minimum Gasteiger partial charge on any atom is -0.481 e. The summed E-state index contributed by atoms with van der Waals surface area (Å²) >= 11 is 0. The summed E-state index contributed by atoms with van der Waals surface area (Å²) in [4.78, 5) is 10.8. The zero-order valence-corrected chi connectivity index (χ0v) is 11.0. The summed E-state index contributed by atoms with van der Waals surface area (Å²) < 4.78 is 55.3. The lowest BCUT2D eigenvalue weighted by atomic mass is 9.96. The highest BCUT2D eigenvalue weighted by molar-refractivity contribution is 5.79. The summed E-state index contributed by atoms with van der Waals surface area (Å²) in [5, 5.41) is 8.85. The third-order valence-electron chi connectivity index (χ3n) is 2.82. The van der Waals surface area contributed by atoms with Crippen LogP contribution in [0.3, 0.4) is 0 Å². The van der Waals surface area contributed by atoms with Gasteiger partial charge in [-0.2, -0.15) is 0 Å². The number of hydrogen-bond donors (Lipinski definition) is 1. The zero-order chi connectivity index (χ0) is 16.3. The molecular formula is C15H10F4O3. The summed E-state index contributed by atoms with van der Waals surface area (Å²) in [6, 6.07) is 8.69. The first kappa shape index (κ1) is 15.8. The largest absolute Gasteiger partial charge is 0.573 e. The number of benzene rings is 2. The first-order valence-electron chi connectivity index (χ1n) is 6.12. The Kier molecular flexibility index (Phi) is 4.35. The topological polar surface area (TPSA) is 46.5 Å². The van der Waals surface area contributed by atoms with Gasteiger partial charge in [-0.25, -0.2) is 4.39 Å². The van der Waals surface area contributed by atoms with E-state index in [-0.39, 0.29) is 16.7 Å². The molecule has 116 valence electrons. The van der Waals surface area contributed by atoms with Crippen molar-refractivity contribution in [2.45, 2.75) is 12.8 Å².